The van der Waals surface area contributed by atoms with Crippen LogP contribution < -0.4 is 5.32 Å². The summed E-state index contributed by atoms with van der Waals surface area (Å²) in [4.78, 5) is 33.1. The number of hydrogen-bond donors (Lipinski definition) is 1. The van der Waals surface area contributed by atoms with Crippen molar-refractivity contribution in [2.24, 2.45) is 0 Å². The molecule has 0 unspecified atom stereocenters. The summed E-state index contributed by atoms with van der Waals surface area (Å²) >= 11 is 1.60. The lowest BCUT2D eigenvalue weighted by Gasteiger charge is -2.34. The highest BCUT2D eigenvalue weighted by molar-refractivity contribution is 7.18. The number of carbonyl (C=O) groups excluding carboxylic acids is 2. The number of benzene rings is 2. The minimum Gasteiger partial charge on any atom is -0.334 e. The van der Waals surface area contributed by atoms with Crippen LogP contribution in [0.4, 0.5) is 5.69 Å². The van der Waals surface area contributed by atoms with Crippen LogP contribution in [0.5, 0.6) is 0 Å². The number of nitrogens with zero attached hydrogens (tertiary/aromatic N) is 2. The summed E-state index contributed by atoms with van der Waals surface area (Å²) < 4.78 is 1.03. The molecular weight excluding hydrogens is 382 g/mol. The predicted octanol–water partition coefficient (Wildman–Crippen LogP) is 4.51. The predicted molar refractivity (Wildman–Crippen MR) is 115 cm³/mol. The Morgan fingerprint density at radius 1 is 1.31 bits per heavy atom. The molecule has 2 aliphatic rings. The lowest BCUT2D eigenvalue weighted by molar-refractivity contribution is -0.121. The van der Waals surface area contributed by atoms with Gasteiger partial charge in [-0.15, -0.1) is 11.3 Å². The zero-order valence-corrected chi connectivity index (χ0v) is 17.4. The molecule has 2 atom stereocenters. The molecule has 3 aromatic rings. The van der Waals surface area contributed by atoms with Gasteiger partial charge in [-0.25, -0.2) is 4.98 Å². The second kappa shape index (κ2) is 6.66. The number of thiazole rings is 1. The first kappa shape index (κ1) is 18.3. The number of carbonyl (C=O) groups is 2. The minimum atomic E-state index is -0.645. The van der Waals surface area contributed by atoms with Gasteiger partial charge in [0.2, 0.25) is 5.91 Å². The molecule has 5 nitrogen and oxygen atoms in total. The quantitative estimate of drug-likeness (QED) is 0.697. The summed E-state index contributed by atoms with van der Waals surface area (Å²) in [5.41, 5.74) is 2.87. The topological polar surface area (TPSA) is 62.3 Å². The summed E-state index contributed by atoms with van der Waals surface area (Å²) in [6.07, 6.45) is 2.38. The van der Waals surface area contributed by atoms with E-state index in [1.54, 1.807) is 11.3 Å². The molecule has 5 rings (SSSR count). The summed E-state index contributed by atoms with van der Waals surface area (Å²) in [7, 11) is 0. The molecule has 2 amide bonds. The van der Waals surface area contributed by atoms with Gasteiger partial charge in [0.1, 0.15) is 0 Å². The van der Waals surface area contributed by atoms with E-state index >= 15 is 0 Å². The number of nitrogens with one attached hydrogen (secondary N) is 1. The van der Waals surface area contributed by atoms with Gasteiger partial charge in [-0.3, -0.25) is 9.59 Å². The molecule has 0 saturated carbocycles. The molecular formula is C23H23N3O2S. The van der Waals surface area contributed by atoms with Crippen LogP contribution >= 0.6 is 11.3 Å². The Hall–Kier alpha value is -2.73. The third-order valence-corrected chi connectivity index (χ3v) is 7.25. The SMILES string of the molecule is CCC[C@@H]1N(C(=O)c2ccc3nc(C)sc3c2)CC[C@]12C(=O)Nc1ccccc12. The molecule has 6 heteroatoms. The highest BCUT2D eigenvalue weighted by Crippen LogP contribution is 2.49. The summed E-state index contributed by atoms with van der Waals surface area (Å²) in [6.45, 7) is 4.68. The number of fused-ring (bicyclic) bond motifs is 3. The van der Waals surface area contributed by atoms with Gasteiger partial charge in [-0.05, 0) is 49.6 Å². The molecule has 0 radical (unpaired) electrons. The Kier molecular flexibility index (Phi) is 4.21. The normalized spacial score (nSPS) is 23.0. The van der Waals surface area contributed by atoms with Crippen LogP contribution in [0, 0.1) is 6.92 Å². The van der Waals surface area contributed by atoms with Crippen LogP contribution in [0.3, 0.4) is 0 Å². The minimum absolute atomic E-state index is 0.00505. The molecule has 1 spiro atoms. The van der Waals surface area contributed by atoms with Crippen molar-refractivity contribution in [1.29, 1.82) is 0 Å². The maximum atomic E-state index is 13.5. The summed E-state index contributed by atoms with van der Waals surface area (Å²) in [5, 5.41) is 4.05. The van der Waals surface area contributed by atoms with Gasteiger partial charge >= 0.3 is 0 Å². The molecule has 1 aromatic heterocycles. The van der Waals surface area contributed by atoms with E-state index in [2.05, 4.69) is 17.2 Å². The fraction of sp³-hybridized carbons (Fsp3) is 0.348. The van der Waals surface area contributed by atoms with Crippen molar-refractivity contribution in [3.8, 4) is 0 Å². The molecule has 3 heterocycles. The molecule has 148 valence electrons. The van der Waals surface area contributed by atoms with Gasteiger partial charge in [-0.2, -0.15) is 0 Å². The number of rotatable bonds is 3. The molecule has 2 aliphatic heterocycles. The van der Waals surface area contributed by atoms with E-state index in [4.69, 9.17) is 0 Å². The molecule has 29 heavy (non-hydrogen) atoms. The zero-order chi connectivity index (χ0) is 20.2. The third kappa shape index (κ3) is 2.62. The molecule has 1 N–H and O–H groups in total. The summed E-state index contributed by atoms with van der Waals surface area (Å²) in [6, 6.07) is 13.5. The van der Waals surface area contributed by atoms with Crippen molar-refractivity contribution in [3.05, 3.63) is 58.6 Å². The maximum absolute atomic E-state index is 13.5. The second-order valence-corrected chi connectivity index (χ2v) is 9.17. The maximum Gasteiger partial charge on any atom is 0.254 e. The van der Waals surface area contributed by atoms with Crippen LogP contribution in [-0.2, 0) is 10.2 Å². The fourth-order valence-corrected chi connectivity index (χ4v) is 5.93. The Labute approximate surface area is 173 Å². The van der Waals surface area contributed by atoms with Gasteiger partial charge in [0.15, 0.2) is 0 Å². The van der Waals surface area contributed by atoms with E-state index in [1.165, 1.54) is 0 Å². The molecule has 0 aliphatic carbocycles. The van der Waals surface area contributed by atoms with Gasteiger partial charge < -0.3 is 10.2 Å². The van der Waals surface area contributed by atoms with Crippen LogP contribution in [0.25, 0.3) is 10.2 Å². The number of likely N-dealkylation sites (tertiary alicyclic amines) is 1. The van der Waals surface area contributed by atoms with Gasteiger partial charge in [0.25, 0.3) is 5.91 Å². The Balaban J connectivity index is 1.55. The van der Waals surface area contributed by atoms with E-state index < -0.39 is 5.41 Å². The standard InChI is InChI=1S/C23H23N3O2S/c1-3-6-20-23(16-7-4-5-8-17(16)25-22(23)28)11-12-26(20)21(27)15-9-10-18-19(13-15)29-14(2)24-18/h4-5,7-10,13,20H,3,6,11-12H2,1-2H3,(H,25,28)/t20-,23+/m0/s1. The summed E-state index contributed by atoms with van der Waals surface area (Å²) in [5.74, 6) is 0.0337. The monoisotopic (exact) mass is 405 g/mol. The number of amides is 2. The second-order valence-electron chi connectivity index (χ2n) is 7.94. The Morgan fingerprint density at radius 3 is 2.97 bits per heavy atom. The van der Waals surface area contributed by atoms with Crippen molar-refractivity contribution in [2.45, 2.75) is 44.6 Å². The largest absolute Gasteiger partial charge is 0.334 e. The highest BCUT2D eigenvalue weighted by atomic mass is 32.1. The van der Waals surface area contributed by atoms with Gasteiger partial charge in [-0.1, -0.05) is 31.5 Å². The molecule has 0 bridgehead atoms. The molecule has 2 aromatic carbocycles. The average Bonchev–Trinajstić information content (AvgIpc) is 3.36. The lowest BCUT2D eigenvalue weighted by atomic mass is 9.73. The average molecular weight is 406 g/mol. The fourth-order valence-electron chi connectivity index (χ4n) is 5.06. The van der Waals surface area contributed by atoms with Crippen LogP contribution in [0.1, 0.15) is 47.1 Å². The first-order valence-electron chi connectivity index (χ1n) is 10.1. The van der Waals surface area contributed by atoms with E-state index in [0.29, 0.717) is 18.5 Å². The van der Waals surface area contributed by atoms with Gasteiger partial charge in [0, 0.05) is 17.8 Å². The first-order valence-corrected chi connectivity index (χ1v) is 11.0. The van der Waals surface area contributed by atoms with Crippen LogP contribution in [0.2, 0.25) is 0 Å². The third-order valence-electron chi connectivity index (χ3n) is 6.32. The van der Waals surface area contributed by atoms with Crippen LogP contribution in [0.15, 0.2) is 42.5 Å². The van der Waals surface area contributed by atoms with Crippen molar-refractivity contribution in [3.63, 3.8) is 0 Å². The highest BCUT2D eigenvalue weighted by Gasteiger charge is 2.58. The molecule has 1 saturated heterocycles. The Bertz CT molecular complexity index is 1140. The number of aromatic nitrogens is 1. The van der Waals surface area contributed by atoms with E-state index in [-0.39, 0.29) is 17.9 Å². The van der Waals surface area contributed by atoms with Crippen molar-refractivity contribution >= 4 is 39.1 Å². The van der Waals surface area contributed by atoms with E-state index in [9.17, 15) is 9.59 Å². The number of para-hydroxylation sites is 1. The number of hydrogen-bond acceptors (Lipinski definition) is 4. The number of anilines is 1. The van der Waals surface area contributed by atoms with Crippen molar-refractivity contribution < 1.29 is 9.59 Å². The van der Waals surface area contributed by atoms with Gasteiger partial charge in [0.05, 0.1) is 26.7 Å². The van der Waals surface area contributed by atoms with Crippen molar-refractivity contribution in [1.82, 2.24) is 9.88 Å². The van der Waals surface area contributed by atoms with Crippen molar-refractivity contribution in [2.75, 3.05) is 11.9 Å². The lowest BCUT2D eigenvalue weighted by Crippen LogP contribution is -2.48. The van der Waals surface area contributed by atoms with E-state index in [0.717, 1.165) is 39.3 Å². The smallest absolute Gasteiger partial charge is 0.254 e. The first-order chi connectivity index (χ1) is 14.0. The van der Waals surface area contributed by atoms with Crippen LogP contribution in [-0.4, -0.2) is 34.3 Å². The molecule has 1 fully saturated rings. The zero-order valence-electron chi connectivity index (χ0n) is 16.6. The Morgan fingerprint density at radius 2 is 2.14 bits per heavy atom. The number of aryl methyl sites for hydroxylation is 1. The van der Waals surface area contributed by atoms with E-state index in [1.807, 2.05) is 54.3 Å².